The SMILES string of the molecule is COc1c(C)cc(Cl)cc1C1COC(C)CN1. The third-order valence-electron chi connectivity index (χ3n) is 3.05. The van der Waals surface area contributed by atoms with Crippen LogP contribution in [0.25, 0.3) is 0 Å². The molecule has 1 N–H and O–H groups in total. The van der Waals surface area contributed by atoms with E-state index in [0.717, 1.165) is 28.4 Å². The van der Waals surface area contributed by atoms with Crippen LogP contribution in [-0.2, 0) is 4.74 Å². The molecule has 0 radical (unpaired) electrons. The van der Waals surface area contributed by atoms with Gasteiger partial charge >= 0.3 is 0 Å². The van der Waals surface area contributed by atoms with Crippen molar-refractivity contribution >= 4 is 11.6 Å². The fourth-order valence-corrected chi connectivity index (χ4v) is 2.46. The average molecular weight is 256 g/mol. The summed E-state index contributed by atoms with van der Waals surface area (Å²) in [6, 6.07) is 4.01. The molecule has 0 aliphatic carbocycles. The zero-order valence-corrected chi connectivity index (χ0v) is 11.2. The van der Waals surface area contributed by atoms with E-state index in [0.29, 0.717) is 6.61 Å². The summed E-state index contributed by atoms with van der Waals surface area (Å²) in [5, 5.41) is 4.19. The number of methoxy groups -OCH3 is 1. The van der Waals surface area contributed by atoms with Crippen molar-refractivity contribution in [1.29, 1.82) is 0 Å². The largest absolute Gasteiger partial charge is 0.496 e. The molecule has 1 aromatic carbocycles. The van der Waals surface area contributed by atoms with Gasteiger partial charge in [0.05, 0.1) is 25.9 Å². The highest BCUT2D eigenvalue weighted by molar-refractivity contribution is 6.30. The van der Waals surface area contributed by atoms with Gasteiger partial charge in [-0.25, -0.2) is 0 Å². The molecule has 0 aromatic heterocycles. The number of hydrogen-bond donors (Lipinski definition) is 1. The lowest BCUT2D eigenvalue weighted by molar-refractivity contribution is 0.0144. The number of nitrogens with one attached hydrogen (secondary N) is 1. The van der Waals surface area contributed by atoms with Crippen LogP contribution in [0.5, 0.6) is 5.75 Å². The summed E-state index contributed by atoms with van der Waals surface area (Å²) in [6.45, 7) is 5.56. The van der Waals surface area contributed by atoms with Gasteiger partial charge < -0.3 is 14.8 Å². The second kappa shape index (κ2) is 5.25. The van der Waals surface area contributed by atoms with Crippen LogP contribution in [0.15, 0.2) is 12.1 Å². The molecule has 17 heavy (non-hydrogen) atoms. The highest BCUT2D eigenvalue weighted by atomic mass is 35.5. The number of ether oxygens (including phenoxy) is 2. The molecule has 2 rings (SSSR count). The van der Waals surface area contributed by atoms with Crippen molar-refractivity contribution < 1.29 is 9.47 Å². The van der Waals surface area contributed by atoms with E-state index < -0.39 is 0 Å². The van der Waals surface area contributed by atoms with Crippen LogP contribution in [0.3, 0.4) is 0 Å². The van der Waals surface area contributed by atoms with Crippen molar-refractivity contribution in [2.45, 2.75) is 26.0 Å². The molecule has 1 aliphatic heterocycles. The molecular weight excluding hydrogens is 238 g/mol. The van der Waals surface area contributed by atoms with Gasteiger partial charge in [-0.3, -0.25) is 0 Å². The van der Waals surface area contributed by atoms with Gasteiger partial charge in [0.1, 0.15) is 5.75 Å². The van der Waals surface area contributed by atoms with Gasteiger partial charge in [0, 0.05) is 17.1 Å². The standard InChI is InChI=1S/C13H18ClNO2/c1-8-4-10(14)5-11(13(8)16-3)12-7-17-9(2)6-15-12/h4-5,9,12,15H,6-7H2,1-3H3. The minimum atomic E-state index is 0.151. The van der Waals surface area contributed by atoms with Crippen LogP contribution in [0, 0.1) is 6.92 Å². The summed E-state index contributed by atoms with van der Waals surface area (Å²) >= 11 is 6.10. The Bertz CT molecular complexity index is 401. The van der Waals surface area contributed by atoms with Crippen LogP contribution >= 0.6 is 11.6 Å². The van der Waals surface area contributed by atoms with Crippen LogP contribution in [0.4, 0.5) is 0 Å². The Labute approximate surface area is 107 Å². The van der Waals surface area contributed by atoms with E-state index in [1.54, 1.807) is 7.11 Å². The molecular formula is C13H18ClNO2. The maximum atomic E-state index is 6.10. The van der Waals surface area contributed by atoms with Gasteiger partial charge in [0.2, 0.25) is 0 Å². The molecule has 0 saturated carbocycles. The lowest BCUT2D eigenvalue weighted by Gasteiger charge is -2.30. The molecule has 1 fully saturated rings. The zero-order valence-electron chi connectivity index (χ0n) is 10.4. The van der Waals surface area contributed by atoms with E-state index in [-0.39, 0.29) is 12.1 Å². The van der Waals surface area contributed by atoms with E-state index in [1.165, 1.54) is 0 Å². The number of benzene rings is 1. The highest BCUT2D eigenvalue weighted by Gasteiger charge is 2.23. The zero-order chi connectivity index (χ0) is 12.4. The topological polar surface area (TPSA) is 30.5 Å². The summed E-state index contributed by atoms with van der Waals surface area (Å²) in [7, 11) is 1.69. The third kappa shape index (κ3) is 2.73. The minimum Gasteiger partial charge on any atom is -0.496 e. The number of halogens is 1. The summed E-state index contributed by atoms with van der Waals surface area (Å²) in [5.74, 6) is 0.894. The van der Waals surface area contributed by atoms with E-state index in [1.807, 2.05) is 19.1 Å². The van der Waals surface area contributed by atoms with Gasteiger partial charge in [-0.05, 0) is 31.5 Å². The van der Waals surface area contributed by atoms with Crippen molar-refractivity contribution in [3.05, 3.63) is 28.3 Å². The van der Waals surface area contributed by atoms with Crippen molar-refractivity contribution in [3.63, 3.8) is 0 Å². The van der Waals surface area contributed by atoms with Crippen LogP contribution in [0.1, 0.15) is 24.1 Å². The number of aryl methyl sites for hydroxylation is 1. The Hall–Kier alpha value is -0.770. The van der Waals surface area contributed by atoms with Crippen molar-refractivity contribution in [1.82, 2.24) is 5.32 Å². The molecule has 0 bridgehead atoms. The van der Waals surface area contributed by atoms with Gasteiger partial charge in [-0.1, -0.05) is 11.6 Å². The Kier molecular flexibility index (Phi) is 3.92. The maximum absolute atomic E-state index is 6.10. The number of hydrogen-bond acceptors (Lipinski definition) is 3. The van der Waals surface area contributed by atoms with Gasteiger partial charge in [0.25, 0.3) is 0 Å². The Morgan fingerprint density at radius 3 is 2.82 bits per heavy atom. The Morgan fingerprint density at radius 1 is 1.47 bits per heavy atom. The first kappa shape index (κ1) is 12.7. The van der Waals surface area contributed by atoms with E-state index in [2.05, 4.69) is 12.2 Å². The molecule has 1 heterocycles. The molecule has 1 aliphatic rings. The van der Waals surface area contributed by atoms with Crippen molar-refractivity contribution in [2.24, 2.45) is 0 Å². The molecule has 1 saturated heterocycles. The first-order valence-corrected chi connectivity index (χ1v) is 6.18. The molecule has 0 amide bonds. The van der Waals surface area contributed by atoms with Crippen LogP contribution < -0.4 is 10.1 Å². The van der Waals surface area contributed by atoms with Gasteiger partial charge in [-0.2, -0.15) is 0 Å². The summed E-state index contributed by atoms with van der Waals surface area (Å²) in [5.41, 5.74) is 2.12. The predicted octanol–water partition coefficient (Wildman–Crippen LogP) is 2.71. The van der Waals surface area contributed by atoms with Crippen molar-refractivity contribution in [3.8, 4) is 5.75 Å². The Morgan fingerprint density at radius 2 is 2.24 bits per heavy atom. The molecule has 2 atom stereocenters. The molecule has 4 heteroatoms. The van der Waals surface area contributed by atoms with Gasteiger partial charge in [-0.15, -0.1) is 0 Å². The summed E-state index contributed by atoms with van der Waals surface area (Å²) in [4.78, 5) is 0. The molecule has 2 unspecified atom stereocenters. The van der Waals surface area contributed by atoms with Crippen LogP contribution in [0.2, 0.25) is 5.02 Å². The summed E-state index contributed by atoms with van der Waals surface area (Å²) in [6.07, 6.45) is 0.262. The Balaban J connectivity index is 2.30. The van der Waals surface area contributed by atoms with Crippen molar-refractivity contribution in [2.75, 3.05) is 20.3 Å². The minimum absolute atomic E-state index is 0.151. The van der Waals surface area contributed by atoms with E-state index in [9.17, 15) is 0 Å². The molecule has 94 valence electrons. The van der Waals surface area contributed by atoms with Gasteiger partial charge in [0.15, 0.2) is 0 Å². The lowest BCUT2D eigenvalue weighted by atomic mass is 10.0. The second-order valence-corrected chi connectivity index (χ2v) is 4.89. The first-order valence-electron chi connectivity index (χ1n) is 5.81. The monoisotopic (exact) mass is 255 g/mol. The fraction of sp³-hybridized carbons (Fsp3) is 0.538. The molecule has 0 spiro atoms. The quantitative estimate of drug-likeness (QED) is 0.882. The molecule has 1 aromatic rings. The third-order valence-corrected chi connectivity index (χ3v) is 3.27. The smallest absolute Gasteiger partial charge is 0.126 e. The number of morpholine rings is 1. The number of rotatable bonds is 2. The lowest BCUT2D eigenvalue weighted by Crippen LogP contribution is -2.39. The average Bonchev–Trinajstić information content (AvgIpc) is 2.29. The predicted molar refractivity (Wildman–Crippen MR) is 68.9 cm³/mol. The molecule has 3 nitrogen and oxygen atoms in total. The first-order chi connectivity index (χ1) is 8.11. The second-order valence-electron chi connectivity index (χ2n) is 4.45. The van der Waals surface area contributed by atoms with Crippen LogP contribution in [-0.4, -0.2) is 26.4 Å². The maximum Gasteiger partial charge on any atom is 0.126 e. The normalized spacial score (nSPS) is 24.7. The highest BCUT2D eigenvalue weighted by Crippen LogP contribution is 2.33. The van der Waals surface area contributed by atoms with E-state index >= 15 is 0 Å². The summed E-state index contributed by atoms with van der Waals surface area (Å²) < 4.78 is 11.1. The fourth-order valence-electron chi connectivity index (χ4n) is 2.18. The van der Waals surface area contributed by atoms with E-state index in [4.69, 9.17) is 21.1 Å².